The summed E-state index contributed by atoms with van der Waals surface area (Å²) in [5.74, 6) is 1.94. The Kier molecular flexibility index (Phi) is 4.73. The number of aromatic nitrogens is 4. The van der Waals surface area contributed by atoms with Gasteiger partial charge in [0.2, 0.25) is 5.95 Å². The quantitative estimate of drug-likeness (QED) is 0.528. The number of pyridine rings is 1. The van der Waals surface area contributed by atoms with Gasteiger partial charge in [0.15, 0.2) is 5.82 Å². The fraction of sp³-hybridized carbons (Fsp3) is 0.440. The van der Waals surface area contributed by atoms with Crippen LogP contribution in [0, 0.1) is 11.2 Å². The Morgan fingerprint density at radius 1 is 1.11 bits per heavy atom. The SMILES string of the molecule is CC1c2nnc(N3CC4(CN(c5ccc(F)cn5)C4)C3)n2-c2ccc(Cl)cc2CN1C(=O)OC1CC1. The molecule has 7 rings (SSSR count). The fourth-order valence-corrected chi connectivity index (χ4v) is 5.75. The molecule has 2 aromatic heterocycles. The molecule has 3 aliphatic heterocycles. The molecule has 2 saturated heterocycles. The van der Waals surface area contributed by atoms with E-state index in [1.807, 2.05) is 25.1 Å². The van der Waals surface area contributed by atoms with E-state index in [-0.39, 0.29) is 29.5 Å². The predicted octanol–water partition coefficient (Wildman–Crippen LogP) is 3.96. The summed E-state index contributed by atoms with van der Waals surface area (Å²) in [6.45, 7) is 5.76. The molecule has 5 heterocycles. The Labute approximate surface area is 212 Å². The van der Waals surface area contributed by atoms with Crippen molar-refractivity contribution in [2.45, 2.75) is 38.5 Å². The van der Waals surface area contributed by atoms with Crippen LogP contribution in [0.4, 0.5) is 21.0 Å². The molecule has 1 aliphatic carbocycles. The summed E-state index contributed by atoms with van der Waals surface area (Å²) in [6, 6.07) is 8.58. The van der Waals surface area contributed by atoms with E-state index in [0.29, 0.717) is 17.4 Å². The van der Waals surface area contributed by atoms with Gasteiger partial charge in [-0.25, -0.2) is 14.2 Å². The average molecular weight is 510 g/mol. The molecule has 1 atom stereocenters. The van der Waals surface area contributed by atoms with Crippen molar-refractivity contribution in [3.8, 4) is 5.69 Å². The third kappa shape index (κ3) is 3.49. The zero-order valence-corrected chi connectivity index (χ0v) is 20.5. The summed E-state index contributed by atoms with van der Waals surface area (Å²) in [7, 11) is 0. The van der Waals surface area contributed by atoms with Gasteiger partial charge in [-0.05, 0) is 55.7 Å². The standard InChI is InChI=1S/C25H25ClFN7O2/c1-15-22-29-30-23(32-13-25(14-32)11-31(12-25)21-7-3-18(27)9-28-21)34(22)20-6-2-17(26)8-16(20)10-33(15)24(35)36-19-4-5-19/h2-3,6-9,15,19H,4-5,10-14H2,1H3. The smallest absolute Gasteiger partial charge is 0.410 e. The number of carbonyl (C=O) groups is 1. The van der Waals surface area contributed by atoms with Gasteiger partial charge in [0.1, 0.15) is 17.7 Å². The molecule has 36 heavy (non-hydrogen) atoms. The number of nitrogens with zero attached hydrogens (tertiary/aromatic N) is 7. The lowest BCUT2D eigenvalue weighted by Crippen LogP contribution is -2.73. The fourth-order valence-electron chi connectivity index (χ4n) is 5.56. The van der Waals surface area contributed by atoms with E-state index >= 15 is 0 Å². The molecule has 0 N–H and O–H groups in total. The van der Waals surface area contributed by atoms with Crippen LogP contribution in [0.5, 0.6) is 0 Å². The van der Waals surface area contributed by atoms with Crippen LogP contribution in [0.1, 0.15) is 37.2 Å². The van der Waals surface area contributed by atoms with Crippen LogP contribution in [0.3, 0.4) is 0 Å². The van der Waals surface area contributed by atoms with Crippen molar-refractivity contribution < 1.29 is 13.9 Å². The Hall–Kier alpha value is -3.40. The third-order valence-corrected chi connectivity index (χ3v) is 7.82. The molecule has 1 aromatic carbocycles. The van der Waals surface area contributed by atoms with Crippen LogP contribution in [-0.4, -0.2) is 63.0 Å². The van der Waals surface area contributed by atoms with E-state index in [4.69, 9.17) is 16.3 Å². The molecule has 4 aliphatic rings. The summed E-state index contributed by atoms with van der Waals surface area (Å²) in [6.07, 6.45) is 2.78. The van der Waals surface area contributed by atoms with Crippen LogP contribution in [0.2, 0.25) is 5.02 Å². The van der Waals surface area contributed by atoms with Crippen LogP contribution >= 0.6 is 11.6 Å². The minimum atomic E-state index is -0.333. The first kappa shape index (κ1) is 21.8. The number of amides is 1. The summed E-state index contributed by atoms with van der Waals surface area (Å²) < 4.78 is 20.9. The van der Waals surface area contributed by atoms with E-state index in [1.54, 1.807) is 11.0 Å². The summed E-state index contributed by atoms with van der Waals surface area (Å²) in [4.78, 5) is 23.3. The van der Waals surface area contributed by atoms with E-state index in [0.717, 1.165) is 62.0 Å². The van der Waals surface area contributed by atoms with Crippen molar-refractivity contribution >= 4 is 29.5 Å². The maximum atomic E-state index is 13.2. The molecule has 3 aromatic rings. The average Bonchev–Trinajstić information content (AvgIpc) is 3.54. The van der Waals surface area contributed by atoms with E-state index < -0.39 is 0 Å². The van der Waals surface area contributed by atoms with Gasteiger partial charge in [-0.15, -0.1) is 10.2 Å². The largest absolute Gasteiger partial charge is 0.446 e. The molecular weight excluding hydrogens is 485 g/mol. The lowest BCUT2D eigenvalue weighted by Gasteiger charge is -2.60. The van der Waals surface area contributed by atoms with Crippen LogP contribution < -0.4 is 9.80 Å². The first-order valence-corrected chi connectivity index (χ1v) is 12.6. The normalized spacial score (nSPS) is 21.9. The molecule has 0 bridgehead atoms. The number of anilines is 2. The van der Waals surface area contributed by atoms with Crippen LogP contribution in [0.25, 0.3) is 5.69 Å². The van der Waals surface area contributed by atoms with Gasteiger partial charge in [-0.3, -0.25) is 9.47 Å². The topological polar surface area (TPSA) is 79.6 Å². The predicted molar refractivity (Wildman–Crippen MR) is 131 cm³/mol. The third-order valence-electron chi connectivity index (χ3n) is 7.59. The highest BCUT2D eigenvalue weighted by Gasteiger charge is 2.53. The first-order valence-electron chi connectivity index (χ1n) is 12.2. The molecule has 3 fully saturated rings. The molecule has 1 amide bonds. The Balaban J connectivity index is 1.15. The Bertz CT molecular complexity index is 1340. The van der Waals surface area contributed by atoms with Crippen LogP contribution in [-0.2, 0) is 11.3 Å². The van der Waals surface area contributed by atoms with Crippen molar-refractivity contribution in [1.29, 1.82) is 0 Å². The molecule has 11 heteroatoms. The molecule has 9 nitrogen and oxygen atoms in total. The number of hydrogen-bond acceptors (Lipinski definition) is 7. The van der Waals surface area contributed by atoms with E-state index in [1.165, 1.54) is 12.3 Å². The maximum Gasteiger partial charge on any atom is 0.410 e. The molecule has 1 spiro atoms. The number of ether oxygens (including phenoxy) is 1. The highest BCUT2D eigenvalue weighted by atomic mass is 35.5. The molecule has 1 saturated carbocycles. The monoisotopic (exact) mass is 509 g/mol. The van der Waals surface area contributed by atoms with Gasteiger partial charge >= 0.3 is 6.09 Å². The number of benzene rings is 1. The van der Waals surface area contributed by atoms with Gasteiger partial charge in [0.05, 0.1) is 24.5 Å². The Morgan fingerprint density at radius 2 is 1.89 bits per heavy atom. The zero-order chi connectivity index (χ0) is 24.6. The summed E-state index contributed by atoms with van der Waals surface area (Å²) in [5.41, 5.74) is 2.01. The minimum absolute atomic E-state index is 0.0182. The second-order valence-corrected chi connectivity index (χ2v) is 10.8. The lowest BCUT2D eigenvalue weighted by atomic mass is 9.73. The molecular formula is C25H25ClFN7O2. The lowest BCUT2D eigenvalue weighted by molar-refractivity contribution is 0.0788. The second kappa shape index (κ2) is 7.80. The van der Waals surface area contributed by atoms with Crippen molar-refractivity contribution in [2.75, 3.05) is 36.0 Å². The summed E-state index contributed by atoms with van der Waals surface area (Å²) in [5, 5.41) is 9.73. The van der Waals surface area contributed by atoms with E-state index in [2.05, 4.69) is 29.5 Å². The number of rotatable bonds is 3. The van der Waals surface area contributed by atoms with Gasteiger partial charge in [-0.2, -0.15) is 0 Å². The van der Waals surface area contributed by atoms with Crippen LogP contribution in [0.15, 0.2) is 36.5 Å². The molecule has 0 radical (unpaired) electrons. The van der Waals surface area contributed by atoms with Gasteiger partial charge in [-0.1, -0.05) is 11.6 Å². The number of hydrogen-bond donors (Lipinski definition) is 0. The van der Waals surface area contributed by atoms with E-state index in [9.17, 15) is 9.18 Å². The summed E-state index contributed by atoms with van der Waals surface area (Å²) >= 11 is 6.35. The number of halogens is 2. The molecule has 1 unspecified atom stereocenters. The highest BCUT2D eigenvalue weighted by Crippen LogP contribution is 2.44. The van der Waals surface area contributed by atoms with Gasteiger partial charge in [0, 0.05) is 36.6 Å². The van der Waals surface area contributed by atoms with Crippen molar-refractivity contribution in [3.63, 3.8) is 0 Å². The Morgan fingerprint density at radius 3 is 2.61 bits per heavy atom. The second-order valence-electron chi connectivity index (χ2n) is 10.4. The highest BCUT2D eigenvalue weighted by molar-refractivity contribution is 6.30. The molecule has 186 valence electrons. The number of fused-ring (bicyclic) bond motifs is 3. The zero-order valence-electron chi connectivity index (χ0n) is 19.8. The van der Waals surface area contributed by atoms with Gasteiger partial charge in [0.25, 0.3) is 0 Å². The van der Waals surface area contributed by atoms with Crippen molar-refractivity contribution in [1.82, 2.24) is 24.6 Å². The minimum Gasteiger partial charge on any atom is -0.446 e. The van der Waals surface area contributed by atoms with Gasteiger partial charge < -0.3 is 14.5 Å². The first-order chi connectivity index (χ1) is 17.4. The van der Waals surface area contributed by atoms with Crippen molar-refractivity contribution in [2.24, 2.45) is 5.41 Å². The number of carbonyl (C=O) groups excluding carboxylic acids is 1. The van der Waals surface area contributed by atoms with Crippen molar-refractivity contribution in [3.05, 3.63) is 58.8 Å². The maximum absolute atomic E-state index is 13.2.